The molecule has 0 N–H and O–H groups in total. The maximum Gasteiger partial charge on any atom is 0.0814 e. The number of hydrogen-bond donors (Lipinski definition) is 0. The van der Waals surface area contributed by atoms with Crippen molar-refractivity contribution in [2.24, 2.45) is 0 Å². The minimum Gasteiger partial charge on any atom is -0.0630 e. The maximum absolute atomic E-state index is 2.40. The molecule has 0 aliphatic rings. The van der Waals surface area contributed by atoms with Gasteiger partial charge in [0.25, 0.3) is 0 Å². The van der Waals surface area contributed by atoms with Crippen LogP contribution < -0.4 is 5.19 Å². The van der Waals surface area contributed by atoms with E-state index in [1.165, 1.54) is 5.56 Å². The third-order valence-electron chi connectivity index (χ3n) is 3.14. The Morgan fingerprint density at radius 3 is 1.44 bits per heavy atom. The van der Waals surface area contributed by atoms with Crippen LogP contribution in [0.4, 0.5) is 0 Å². The van der Waals surface area contributed by atoms with Crippen molar-refractivity contribution in [2.75, 3.05) is 0 Å². The third kappa shape index (κ3) is 3.21. The van der Waals surface area contributed by atoms with E-state index in [9.17, 15) is 0 Å². The van der Waals surface area contributed by atoms with Crippen molar-refractivity contribution in [3.05, 3.63) is 29.8 Å². The molecule has 0 aliphatic carbocycles. The second-order valence-electron chi connectivity index (χ2n) is 7.08. The standard InChI is InChI=1S/C15H26Si/c1-12-8-10-13(11-9-12)16(14(2,3)4)15(5,6)7/h8-11,16H,1-7H3. The molecule has 90 valence electrons. The molecule has 0 nitrogen and oxygen atoms in total. The van der Waals surface area contributed by atoms with E-state index in [0.29, 0.717) is 10.1 Å². The van der Waals surface area contributed by atoms with E-state index in [4.69, 9.17) is 0 Å². The van der Waals surface area contributed by atoms with E-state index < -0.39 is 8.80 Å². The van der Waals surface area contributed by atoms with Gasteiger partial charge in [-0.1, -0.05) is 76.6 Å². The summed E-state index contributed by atoms with van der Waals surface area (Å²) in [5, 5.41) is 2.48. The Hall–Kier alpha value is -0.563. The van der Waals surface area contributed by atoms with Gasteiger partial charge in [0.05, 0.1) is 8.80 Å². The van der Waals surface area contributed by atoms with Crippen LogP contribution in [0.2, 0.25) is 10.1 Å². The summed E-state index contributed by atoms with van der Waals surface area (Å²) in [6, 6.07) is 9.21. The molecule has 0 saturated carbocycles. The van der Waals surface area contributed by atoms with Crippen LogP contribution in [0.3, 0.4) is 0 Å². The maximum atomic E-state index is 2.40. The SMILES string of the molecule is Cc1ccc([SiH](C(C)(C)C)C(C)(C)C)cc1. The fourth-order valence-electron chi connectivity index (χ4n) is 3.06. The molecule has 0 atom stereocenters. The molecule has 0 saturated heterocycles. The van der Waals surface area contributed by atoms with Crippen molar-refractivity contribution in [1.29, 1.82) is 0 Å². The molecule has 0 amide bonds. The highest BCUT2D eigenvalue weighted by atomic mass is 28.3. The summed E-state index contributed by atoms with van der Waals surface area (Å²) in [5.41, 5.74) is 1.36. The average Bonchev–Trinajstić information content (AvgIpc) is 2.03. The van der Waals surface area contributed by atoms with Crippen LogP contribution in [0, 0.1) is 6.92 Å². The topological polar surface area (TPSA) is 0 Å². The zero-order chi connectivity index (χ0) is 12.6. The molecule has 0 unspecified atom stereocenters. The Morgan fingerprint density at radius 1 is 0.750 bits per heavy atom. The summed E-state index contributed by atoms with van der Waals surface area (Å²) >= 11 is 0. The second kappa shape index (κ2) is 4.36. The largest absolute Gasteiger partial charge is 0.0814 e. The van der Waals surface area contributed by atoms with Gasteiger partial charge in [0.1, 0.15) is 0 Å². The van der Waals surface area contributed by atoms with Crippen molar-refractivity contribution in [1.82, 2.24) is 0 Å². The number of hydrogen-bond acceptors (Lipinski definition) is 0. The lowest BCUT2D eigenvalue weighted by molar-refractivity contribution is 0.653. The summed E-state index contributed by atoms with van der Waals surface area (Å²) in [7, 11) is -0.989. The number of benzene rings is 1. The van der Waals surface area contributed by atoms with E-state index in [1.807, 2.05) is 0 Å². The summed E-state index contributed by atoms with van der Waals surface area (Å²) in [6.07, 6.45) is 0. The molecule has 0 bridgehead atoms. The third-order valence-corrected chi connectivity index (χ3v) is 7.66. The lowest BCUT2D eigenvalue weighted by atomic mass is 10.2. The Kier molecular flexibility index (Phi) is 3.68. The van der Waals surface area contributed by atoms with Crippen LogP contribution in [0.1, 0.15) is 47.1 Å². The van der Waals surface area contributed by atoms with Crippen molar-refractivity contribution >= 4 is 14.0 Å². The minimum absolute atomic E-state index is 0.438. The first-order valence-electron chi connectivity index (χ1n) is 6.19. The summed E-state index contributed by atoms with van der Waals surface area (Å²) in [5.74, 6) is 0. The van der Waals surface area contributed by atoms with E-state index in [-0.39, 0.29) is 0 Å². The molecule has 0 radical (unpaired) electrons. The van der Waals surface area contributed by atoms with Crippen LogP contribution in [0.15, 0.2) is 24.3 Å². The van der Waals surface area contributed by atoms with Crippen LogP contribution >= 0.6 is 0 Å². The van der Waals surface area contributed by atoms with Gasteiger partial charge in [-0.15, -0.1) is 0 Å². The van der Waals surface area contributed by atoms with Gasteiger partial charge >= 0.3 is 0 Å². The Bertz CT molecular complexity index is 321. The van der Waals surface area contributed by atoms with Crippen molar-refractivity contribution < 1.29 is 0 Å². The lowest BCUT2D eigenvalue weighted by Crippen LogP contribution is -2.45. The van der Waals surface area contributed by atoms with Crippen molar-refractivity contribution in [3.63, 3.8) is 0 Å². The van der Waals surface area contributed by atoms with Crippen LogP contribution in [-0.4, -0.2) is 8.80 Å². The van der Waals surface area contributed by atoms with Gasteiger partial charge < -0.3 is 0 Å². The molecular formula is C15H26Si. The molecule has 1 rings (SSSR count). The zero-order valence-corrected chi connectivity index (χ0v) is 13.0. The number of aryl methyl sites for hydroxylation is 1. The minimum atomic E-state index is -0.989. The Labute approximate surface area is 103 Å². The quantitative estimate of drug-likeness (QED) is 0.644. The highest BCUT2D eigenvalue weighted by Gasteiger charge is 2.37. The van der Waals surface area contributed by atoms with E-state index in [2.05, 4.69) is 72.7 Å². The Balaban J connectivity index is 3.18. The van der Waals surface area contributed by atoms with Crippen LogP contribution in [0.25, 0.3) is 0 Å². The van der Waals surface area contributed by atoms with E-state index >= 15 is 0 Å². The number of rotatable bonds is 1. The Morgan fingerprint density at radius 2 is 1.12 bits per heavy atom. The van der Waals surface area contributed by atoms with Crippen LogP contribution in [-0.2, 0) is 0 Å². The van der Waals surface area contributed by atoms with E-state index in [1.54, 1.807) is 5.19 Å². The highest BCUT2D eigenvalue weighted by Crippen LogP contribution is 2.41. The predicted octanol–water partition coefficient (Wildman–Crippen LogP) is 4.03. The molecule has 0 spiro atoms. The molecule has 1 aromatic rings. The molecule has 0 aromatic heterocycles. The fourth-order valence-corrected chi connectivity index (χ4v) is 8.23. The van der Waals surface area contributed by atoms with Crippen molar-refractivity contribution in [3.8, 4) is 0 Å². The molecule has 1 heteroatoms. The van der Waals surface area contributed by atoms with Gasteiger partial charge in [-0.25, -0.2) is 0 Å². The molecule has 0 heterocycles. The predicted molar refractivity (Wildman–Crippen MR) is 77.4 cm³/mol. The molecule has 16 heavy (non-hydrogen) atoms. The van der Waals surface area contributed by atoms with E-state index in [0.717, 1.165) is 0 Å². The molecular weight excluding hydrogens is 208 g/mol. The van der Waals surface area contributed by atoms with Gasteiger partial charge in [-0.05, 0) is 17.0 Å². The fraction of sp³-hybridized carbons (Fsp3) is 0.600. The average molecular weight is 234 g/mol. The van der Waals surface area contributed by atoms with Crippen molar-refractivity contribution in [2.45, 2.75) is 58.5 Å². The monoisotopic (exact) mass is 234 g/mol. The highest BCUT2D eigenvalue weighted by molar-refractivity contribution is 6.78. The molecule has 0 aliphatic heterocycles. The first kappa shape index (κ1) is 13.5. The van der Waals surface area contributed by atoms with Gasteiger partial charge in [0.15, 0.2) is 0 Å². The summed E-state index contributed by atoms with van der Waals surface area (Å²) in [4.78, 5) is 0. The molecule has 0 fully saturated rings. The van der Waals surface area contributed by atoms with Gasteiger partial charge in [-0.2, -0.15) is 0 Å². The zero-order valence-electron chi connectivity index (χ0n) is 11.9. The van der Waals surface area contributed by atoms with Crippen LogP contribution in [0.5, 0.6) is 0 Å². The first-order chi connectivity index (χ1) is 7.12. The summed E-state index contributed by atoms with van der Waals surface area (Å²) < 4.78 is 0. The lowest BCUT2D eigenvalue weighted by Gasteiger charge is -2.39. The van der Waals surface area contributed by atoms with Gasteiger partial charge in [-0.3, -0.25) is 0 Å². The smallest absolute Gasteiger partial charge is 0.0630 e. The van der Waals surface area contributed by atoms with Gasteiger partial charge in [0.2, 0.25) is 0 Å². The molecule has 1 aromatic carbocycles. The summed E-state index contributed by atoms with van der Waals surface area (Å²) in [6.45, 7) is 16.5. The second-order valence-corrected chi connectivity index (χ2v) is 12.1. The first-order valence-corrected chi connectivity index (χ1v) is 7.92. The normalized spacial score (nSPS) is 13.2. The van der Waals surface area contributed by atoms with Gasteiger partial charge in [0, 0.05) is 0 Å².